The maximum absolute atomic E-state index is 14.3. The molecule has 122 valence electrons. The van der Waals surface area contributed by atoms with E-state index in [0.29, 0.717) is 16.8 Å². The Morgan fingerprint density at radius 2 is 1.88 bits per heavy atom. The van der Waals surface area contributed by atoms with Gasteiger partial charge in [0.05, 0.1) is 17.0 Å². The highest BCUT2D eigenvalue weighted by molar-refractivity contribution is 5.97. The predicted octanol–water partition coefficient (Wildman–Crippen LogP) is 3.29. The molecule has 3 aromatic rings. The van der Waals surface area contributed by atoms with E-state index in [4.69, 9.17) is 0 Å². The van der Waals surface area contributed by atoms with E-state index in [1.165, 1.54) is 18.2 Å². The third kappa shape index (κ3) is 2.08. The van der Waals surface area contributed by atoms with Gasteiger partial charge in [0.1, 0.15) is 17.5 Å². The minimum atomic E-state index is -0.694. The van der Waals surface area contributed by atoms with Crippen LogP contribution in [0, 0.1) is 17.5 Å². The normalized spacial score (nSPS) is 19.3. The molecule has 1 aliphatic heterocycles. The van der Waals surface area contributed by atoms with Crippen LogP contribution in [0.5, 0.6) is 0 Å². The van der Waals surface area contributed by atoms with Crippen LogP contribution in [0.1, 0.15) is 24.1 Å². The fourth-order valence-corrected chi connectivity index (χ4v) is 3.36. The van der Waals surface area contributed by atoms with Crippen LogP contribution >= 0.6 is 0 Å². The molecule has 0 amide bonds. The molecule has 4 rings (SSSR count). The molecular formula is C17H12F3N3O. The average molecular weight is 331 g/mol. The summed E-state index contributed by atoms with van der Waals surface area (Å²) in [6, 6.07) is 5.42. The monoisotopic (exact) mass is 331 g/mol. The summed E-state index contributed by atoms with van der Waals surface area (Å²) in [4.78, 5) is 12.0. The summed E-state index contributed by atoms with van der Waals surface area (Å²) in [5, 5.41) is 10.1. The SMILES string of the molecule is C[C@@H]1Nc2cc(F)cc3c(=O)[nH]nc(c23)[C@H]1c1ccc(F)cc1F. The second kappa shape index (κ2) is 5.09. The number of rotatable bonds is 1. The molecule has 2 aromatic carbocycles. The van der Waals surface area contributed by atoms with Gasteiger partial charge in [0.25, 0.3) is 5.56 Å². The summed E-state index contributed by atoms with van der Waals surface area (Å²) < 4.78 is 41.3. The number of halogens is 3. The van der Waals surface area contributed by atoms with Crippen molar-refractivity contribution in [1.82, 2.24) is 10.2 Å². The number of aromatic amines is 1. The number of nitrogens with zero attached hydrogens (tertiary/aromatic N) is 1. The van der Waals surface area contributed by atoms with Crippen molar-refractivity contribution in [3.63, 3.8) is 0 Å². The van der Waals surface area contributed by atoms with Crippen molar-refractivity contribution >= 4 is 16.5 Å². The van der Waals surface area contributed by atoms with Gasteiger partial charge in [-0.25, -0.2) is 18.3 Å². The summed E-state index contributed by atoms with van der Waals surface area (Å²) in [6.45, 7) is 1.79. The lowest BCUT2D eigenvalue weighted by Gasteiger charge is -2.32. The molecule has 24 heavy (non-hydrogen) atoms. The van der Waals surface area contributed by atoms with Gasteiger partial charge in [-0.1, -0.05) is 6.07 Å². The Balaban J connectivity index is 2.04. The Morgan fingerprint density at radius 3 is 2.62 bits per heavy atom. The van der Waals surface area contributed by atoms with Crippen molar-refractivity contribution < 1.29 is 13.2 Å². The van der Waals surface area contributed by atoms with E-state index in [1.54, 1.807) is 6.92 Å². The Morgan fingerprint density at radius 1 is 1.08 bits per heavy atom. The second-order valence-corrected chi connectivity index (χ2v) is 5.89. The number of aromatic nitrogens is 2. The van der Waals surface area contributed by atoms with Crippen molar-refractivity contribution in [2.75, 3.05) is 5.32 Å². The van der Waals surface area contributed by atoms with E-state index in [9.17, 15) is 18.0 Å². The molecule has 0 spiro atoms. The highest BCUT2D eigenvalue weighted by atomic mass is 19.1. The van der Waals surface area contributed by atoms with Crippen LogP contribution in [-0.4, -0.2) is 16.2 Å². The van der Waals surface area contributed by atoms with E-state index >= 15 is 0 Å². The summed E-state index contributed by atoms with van der Waals surface area (Å²) >= 11 is 0. The zero-order chi connectivity index (χ0) is 17.0. The molecule has 0 bridgehead atoms. The topological polar surface area (TPSA) is 57.8 Å². The number of hydrogen-bond donors (Lipinski definition) is 2. The number of hydrogen-bond acceptors (Lipinski definition) is 3. The lowest BCUT2D eigenvalue weighted by Crippen LogP contribution is -2.32. The highest BCUT2D eigenvalue weighted by Gasteiger charge is 2.33. The summed E-state index contributed by atoms with van der Waals surface area (Å²) in [5.41, 5.74) is 0.595. The van der Waals surface area contributed by atoms with Gasteiger partial charge in [0.15, 0.2) is 0 Å². The first-order chi connectivity index (χ1) is 11.5. The third-order valence-corrected chi connectivity index (χ3v) is 4.36. The molecule has 0 saturated carbocycles. The summed E-state index contributed by atoms with van der Waals surface area (Å²) in [6.07, 6.45) is 0. The molecule has 0 unspecified atom stereocenters. The smallest absolute Gasteiger partial charge is 0.272 e. The molecule has 1 aromatic heterocycles. The Kier molecular flexibility index (Phi) is 3.13. The first-order valence-corrected chi connectivity index (χ1v) is 7.39. The largest absolute Gasteiger partial charge is 0.381 e. The van der Waals surface area contributed by atoms with Crippen LogP contribution in [0.15, 0.2) is 35.1 Å². The van der Waals surface area contributed by atoms with Gasteiger partial charge in [-0.3, -0.25) is 4.79 Å². The molecule has 0 radical (unpaired) electrons. The minimum Gasteiger partial charge on any atom is -0.381 e. The van der Waals surface area contributed by atoms with Crippen LogP contribution in [-0.2, 0) is 0 Å². The molecule has 4 nitrogen and oxygen atoms in total. The first kappa shape index (κ1) is 14.7. The lowest BCUT2D eigenvalue weighted by atomic mass is 9.83. The fourth-order valence-electron chi connectivity index (χ4n) is 3.36. The van der Waals surface area contributed by atoms with Gasteiger partial charge in [0, 0.05) is 23.2 Å². The molecule has 2 heterocycles. The van der Waals surface area contributed by atoms with Gasteiger partial charge < -0.3 is 5.32 Å². The zero-order valence-electron chi connectivity index (χ0n) is 12.5. The van der Waals surface area contributed by atoms with Crippen LogP contribution in [0.25, 0.3) is 10.8 Å². The van der Waals surface area contributed by atoms with Crippen LogP contribution < -0.4 is 10.9 Å². The first-order valence-electron chi connectivity index (χ1n) is 7.39. The van der Waals surface area contributed by atoms with Gasteiger partial charge in [-0.15, -0.1) is 0 Å². The zero-order valence-corrected chi connectivity index (χ0v) is 12.5. The molecule has 0 aliphatic carbocycles. The fraction of sp³-hybridized carbons (Fsp3) is 0.176. The second-order valence-electron chi connectivity index (χ2n) is 5.89. The average Bonchev–Trinajstić information content (AvgIpc) is 2.51. The van der Waals surface area contributed by atoms with Crippen molar-refractivity contribution in [2.45, 2.75) is 18.9 Å². The van der Waals surface area contributed by atoms with Gasteiger partial charge in [0.2, 0.25) is 0 Å². The van der Waals surface area contributed by atoms with E-state index in [-0.39, 0.29) is 17.0 Å². The molecule has 2 atom stereocenters. The lowest BCUT2D eigenvalue weighted by molar-refractivity contribution is 0.546. The number of nitrogens with one attached hydrogen (secondary N) is 2. The van der Waals surface area contributed by atoms with Crippen molar-refractivity contribution in [3.05, 3.63) is 69.4 Å². The third-order valence-electron chi connectivity index (χ3n) is 4.36. The molecule has 0 fully saturated rings. The molecule has 7 heteroatoms. The van der Waals surface area contributed by atoms with Crippen LogP contribution in [0.2, 0.25) is 0 Å². The summed E-state index contributed by atoms with van der Waals surface area (Å²) in [5.74, 6) is -2.47. The number of anilines is 1. The van der Waals surface area contributed by atoms with Gasteiger partial charge in [-0.2, -0.15) is 5.10 Å². The number of benzene rings is 2. The minimum absolute atomic E-state index is 0.141. The van der Waals surface area contributed by atoms with E-state index in [0.717, 1.165) is 12.1 Å². The quantitative estimate of drug-likeness (QED) is 0.719. The van der Waals surface area contributed by atoms with Gasteiger partial charge >= 0.3 is 0 Å². The molecule has 1 aliphatic rings. The van der Waals surface area contributed by atoms with Crippen LogP contribution in [0.3, 0.4) is 0 Å². The van der Waals surface area contributed by atoms with Crippen molar-refractivity contribution in [3.8, 4) is 0 Å². The van der Waals surface area contributed by atoms with E-state index < -0.39 is 28.9 Å². The Labute approximate surface area is 134 Å². The Hall–Kier alpha value is -2.83. The Bertz CT molecular complexity index is 1030. The standard InChI is InChI=1S/C17H12F3N3O/c1-7-14(10-3-2-8(18)5-12(10)20)16-15-11(17(24)23-22-16)4-9(19)6-13(15)21-7/h2-7,14,21H,1H3,(H,23,24)/t7-,14+/m0/s1. The highest BCUT2D eigenvalue weighted by Crippen LogP contribution is 2.40. The predicted molar refractivity (Wildman–Crippen MR) is 83.6 cm³/mol. The van der Waals surface area contributed by atoms with Crippen molar-refractivity contribution in [2.24, 2.45) is 0 Å². The molecular weight excluding hydrogens is 319 g/mol. The van der Waals surface area contributed by atoms with E-state index in [2.05, 4.69) is 15.5 Å². The summed E-state index contributed by atoms with van der Waals surface area (Å²) in [7, 11) is 0. The maximum Gasteiger partial charge on any atom is 0.272 e. The van der Waals surface area contributed by atoms with Crippen LogP contribution in [0.4, 0.5) is 18.9 Å². The number of H-pyrrole nitrogens is 1. The van der Waals surface area contributed by atoms with Gasteiger partial charge in [-0.05, 0) is 30.7 Å². The maximum atomic E-state index is 14.3. The van der Waals surface area contributed by atoms with E-state index in [1.807, 2.05) is 0 Å². The van der Waals surface area contributed by atoms with Crippen molar-refractivity contribution in [1.29, 1.82) is 0 Å². The molecule has 0 saturated heterocycles. The molecule has 2 N–H and O–H groups in total.